The molecule has 0 atom stereocenters. The molecule has 3 rings (SSSR count). The van der Waals surface area contributed by atoms with Gasteiger partial charge in [0.1, 0.15) is 11.3 Å². The second-order valence-electron chi connectivity index (χ2n) is 6.36. The molecule has 0 unspecified atom stereocenters. The van der Waals surface area contributed by atoms with Crippen LogP contribution in [-0.4, -0.2) is 45.6 Å². The van der Waals surface area contributed by atoms with Crippen LogP contribution in [0.3, 0.4) is 0 Å². The third-order valence-corrected chi connectivity index (χ3v) is 4.65. The molecule has 0 saturated heterocycles. The fraction of sp³-hybridized carbons (Fsp3) is 0.350. The molecule has 2 aromatic heterocycles. The number of para-hydroxylation sites is 1. The SMILES string of the molecule is CCN(CC)Cc1cnc2c(C(=O)Nc3c(C)cccc3OC)cnn2c1. The predicted octanol–water partition coefficient (Wildman–Crippen LogP) is 3.14. The number of aromatic nitrogens is 3. The van der Waals surface area contributed by atoms with E-state index in [9.17, 15) is 4.79 Å². The minimum Gasteiger partial charge on any atom is -0.495 e. The molecule has 142 valence electrons. The lowest BCUT2D eigenvalue weighted by Crippen LogP contribution is -2.22. The first kappa shape index (κ1) is 18.8. The molecule has 1 N–H and O–H groups in total. The summed E-state index contributed by atoms with van der Waals surface area (Å²) < 4.78 is 7.01. The lowest BCUT2D eigenvalue weighted by Gasteiger charge is -2.17. The van der Waals surface area contributed by atoms with E-state index in [2.05, 4.69) is 34.1 Å². The van der Waals surface area contributed by atoms with Gasteiger partial charge >= 0.3 is 0 Å². The number of nitrogens with zero attached hydrogens (tertiary/aromatic N) is 4. The van der Waals surface area contributed by atoms with E-state index in [0.29, 0.717) is 22.6 Å². The molecule has 1 amide bonds. The predicted molar refractivity (Wildman–Crippen MR) is 105 cm³/mol. The molecule has 0 fully saturated rings. The Morgan fingerprint density at radius 2 is 2.04 bits per heavy atom. The topological polar surface area (TPSA) is 71.8 Å². The third-order valence-electron chi connectivity index (χ3n) is 4.65. The van der Waals surface area contributed by atoms with Gasteiger partial charge in [0, 0.05) is 24.5 Å². The summed E-state index contributed by atoms with van der Waals surface area (Å²) >= 11 is 0. The fourth-order valence-electron chi connectivity index (χ4n) is 3.01. The number of hydrogen-bond donors (Lipinski definition) is 1. The minimum absolute atomic E-state index is 0.262. The summed E-state index contributed by atoms with van der Waals surface area (Å²) in [6.07, 6.45) is 5.27. The number of hydrogen-bond acceptors (Lipinski definition) is 5. The molecule has 0 saturated carbocycles. The van der Waals surface area contributed by atoms with Crippen LogP contribution in [0.25, 0.3) is 5.65 Å². The Bertz CT molecular complexity index is 947. The van der Waals surface area contributed by atoms with Crippen molar-refractivity contribution in [2.24, 2.45) is 0 Å². The number of amides is 1. The standard InChI is InChI=1S/C20H25N5O2/c1-5-24(6-2)12-15-10-21-19-16(11-22-25(19)13-15)20(26)23-18-14(3)8-7-9-17(18)27-4/h7-11,13H,5-6,12H2,1-4H3,(H,23,26). The molecule has 3 aromatic rings. The fourth-order valence-corrected chi connectivity index (χ4v) is 3.01. The van der Waals surface area contributed by atoms with Gasteiger partial charge in [0.2, 0.25) is 0 Å². The van der Waals surface area contributed by atoms with Gasteiger partial charge in [-0.2, -0.15) is 5.10 Å². The maximum absolute atomic E-state index is 12.8. The summed E-state index contributed by atoms with van der Waals surface area (Å²) in [6, 6.07) is 5.63. The molecule has 2 heterocycles. The zero-order chi connectivity index (χ0) is 19.4. The molecule has 0 aliphatic heterocycles. The van der Waals surface area contributed by atoms with Gasteiger partial charge in [-0.3, -0.25) is 9.69 Å². The van der Waals surface area contributed by atoms with Gasteiger partial charge in [-0.1, -0.05) is 26.0 Å². The number of carbonyl (C=O) groups is 1. The molecule has 0 bridgehead atoms. The van der Waals surface area contributed by atoms with E-state index in [-0.39, 0.29) is 5.91 Å². The van der Waals surface area contributed by atoms with Crippen LogP contribution in [0.2, 0.25) is 0 Å². The first-order chi connectivity index (χ1) is 13.1. The minimum atomic E-state index is -0.262. The summed E-state index contributed by atoms with van der Waals surface area (Å²) in [5.74, 6) is 0.357. The molecule has 0 aliphatic carbocycles. The Morgan fingerprint density at radius 1 is 1.26 bits per heavy atom. The second-order valence-corrected chi connectivity index (χ2v) is 6.36. The number of carbonyl (C=O) groups excluding carboxylic acids is 1. The summed E-state index contributed by atoms with van der Waals surface area (Å²) in [5, 5.41) is 7.23. The van der Waals surface area contributed by atoms with Crippen molar-refractivity contribution in [3.05, 3.63) is 53.5 Å². The summed E-state index contributed by atoms with van der Waals surface area (Å²) in [5.41, 5.74) is 3.59. The van der Waals surface area contributed by atoms with E-state index in [1.165, 1.54) is 0 Å². The Morgan fingerprint density at radius 3 is 2.74 bits per heavy atom. The smallest absolute Gasteiger partial charge is 0.261 e. The number of fused-ring (bicyclic) bond motifs is 1. The molecule has 7 nitrogen and oxygen atoms in total. The van der Waals surface area contributed by atoms with Crippen LogP contribution in [0.5, 0.6) is 5.75 Å². The van der Waals surface area contributed by atoms with Crippen molar-refractivity contribution < 1.29 is 9.53 Å². The highest BCUT2D eigenvalue weighted by molar-refractivity contribution is 6.09. The van der Waals surface area contributed by atoms with Crippen LogP contribution in [0.1, 0.15) is 35.3 Å². The van der Waals surface area contributed by atoms with Crippen LogP contribution in [0.15, 0.2) is 36.8 Å². The highest BCUT2D eigenvalue weighted by Crippen LogP contribution is 2.28. The Kier molecular flexibility index (Phi) is 5.71. The highest BCUT2D eigenvalue weighted by Gasteiger charge is 2.17. The second kappa shape index (κ2) is 8.18. The van der Waals surface area contributed by atoms with Crippen molar-refractivity contribution in [2.45, 2.75) is 27.3 Å². The zero-order valence-corrected chi connectivity index (χ0v) is 16.2. The molecule has 0 radical (unpaired) electrons. The van der Waals surface area contributed by atoms with Crippen LogP contribution < -0.4 is 10.1 Å². The van der Waals surface area contributed by atoms with Crippen molar-refractivity contribution in [3.63, 3.8) is 0 Å². The van der Waals surface area contributed by atoms with E-state index in [1.54, 1.807) is 24.0 Å². The maximum Gasteiger partial charge on any atom is 0.261 e. The number of ether oxygens (including phenoxy) is 1. The van der Waals surface area contributed by atoms with Gasteiger partial charge < -0.3 is 10.1 Å². The van der Waals surface area contributed by atoms with Crippen molar-refractivity contribution in [1.82, 2.24) is 19.5 Å². The third kappa shape index (κ3) is 3.93. The molecule has 0 spiro atoms. The van der Waals surface area contributed by atoms with Gasteiger partial charge in [0.05, 0.1) is 19.0 Å². The van der Waals surface area contributed by atoms with Crippen LogP contribution >= 0.6 is 0 Å². The van der Waals surface area contributed by atoms with Crippen molar-refractivity contribution in [3.8, 4) is 5.75 Å². The summed E-state index contributed by atoms with van der Waals surface area (Å²) in [7, 11) is 1.58. The number of rotatable bonds is 7. The van der Waals surface area contributed by atoms with Crippen LogP contribution in [-0.2, 0) is 6.54 Å². The van der Waals surface area contributed by atoms with Gasteiger partial charge in [0.25, 0.3) is 5.91 Å². The molecule has 27 heavy (non-hydrogen) atoms. The lowest BCUT2D eigenvalue weighted by molar-refractivity contribution is 0.102. The number of methoxy groups -OCH3 is 1. The molecular weight excluding hydrogens is 342 g/mol. The monoisotopic (exact) mass is 367 g/mol. The average Bonchev–Trinajstić information content (AvgIpc) is 3.10. The van der Waals surface area contributed by atoms with Crippen LogP contribution in [0.4, 0.5) is 5.69 Å². The Balaban J connectivity index is 1.86. The van der Waals surface area contributed by atoms with E-state index < -0.39 is 0 Å². The summed E-state index contributed by atoms with van der Waals surface area (Å²) in [4.78, 5) is 19.6. The quantitative estimate of drug-likeness (QED) is 0.695. The average molecular weight is 367 g/mol. The number of aryl methyl sites for hydroxylation is 1. The number of benzene rings is 1. The van der Waals surface area contributed by atoms with Gasteiger partial charge in [-0.25, -0.2) is 9.50 Å². The number of nitrogens with one attached hydrogen (secondary N) is 1. The van der Waals surface area contributed by atoms with Crippen molar-refractivity contribution in [1.29, 1.82) is 0 Å². The van der Waals surface area contributed by atoms with Gasteiger partial charge in [-0.05, 0) is 31.6 Å². The number of anilines is 1. The van der Waals surface area contributed by atoms with E-state index in [4.69, 9.17) is 4.74 Å². The van der Waals surface area contributed by atoms with Crippen molar-refractivity contribution in [2.75, 3.05) is 25.5 Å². The first-order valence-corrected chi connectivity index (χ1v) is 9.06. The van der Waals surface area contributed by atoms with E-state index >= 15 is 0 Å². The normalized spacial score (nSPS) is 11.1. The Labute approximate surface area is 159 Å². The molecule has 7 heteroatoms. The van der Waals surface area contributed by atoms with Crippen LogP contribution in [0, 0.1) is 6.92 Å². The lowest BCUT2D eigenvalue weighted by atomic mass is 10.1. The molecule has 1 aromatic carbocycles. The van der Waals surface area contributed by atoms with E-state index in [0.717, 1.165) is 30.8 Å². The summed E-state index contributed by atoms with van der Waals surface area (Å²) in [6.45, 7) is 8.93. The van der Waals surface area contributed by atoms with Gasteiger partial charge in [0.15, 0.2) is 5.65 Å². The van der Waals surface area contributed by atoms with E-state index in [1.807, 2.05) is 31.3 Å². The maximum atomic E-state index is 12.8. The molecular formula is C20H25N5O2. The van der Waals surface area contributed by atoms with Gasteiger partial charge in [-0.15, -0.1) is 0 Å². The Hall–Kier alpha value is -2.93. The largest absolute Gasteiger partial charge is 0.495 e. The first-order valence-electron chi connectivity index (χ1n) is 9.06. The molecule has 0 aliphatic rings. The zero-order valence-electron chi connectivity index (χ0n) is 16.2. The highest BCUT2D eigenvalue weighted by atomic mass is 16.5. The van der Waals surface area contributed by atoms with Crippen molar-refractivity contribution >= 4 is 17.2 Å².